The third-order valence-corrected chi connectivity index (χ3v) is 2.78. The third kappa shape index (κ3) is 4.20. The predicted octanol–water partition coefficient (Wildman–Crippen LogP) is 2.21. The lowest BCUT2D eigenvalue weighted by Gasteiger charge is -2.19. The van der Waals surface area contributed by atoms with Crippen LogP contribution in [0.3, 0.4) is 0 Å². The molecule has 0 spiro atoms. The standard InChI is InChI=1S/C12H19ClN2/c1-9(15-10(2)8-14)7-11-5-3-4-6-12(11)13/h3-6,9-10,15H,7-8,14H2,1-2H3. The van der Waals surface area contributed by atoms with E-state index in [-0.39, 0.29) is 0 Å². The number of hydrogen-bond donors (Lipinski definition) is 2. The summed E-state index contributed by atoms with van der Waals surface area (Å²) in [7, 11) is 0. The summed E-state index contributed by atoms with van der Waals surface area (Å²) in [4.78, 5) is 0. The van der Waals surface area contributed by atoms with E-state index in [0.29, 0.717) is 18.6 Å². The Hall–Kier alpha value is -0.570. The van der Waals surface area contributed by atoms with E-state index in [9.17, 15) is 0 Å². The van der Waals surface area contributed by atoms with Crippen LogP contribution in [0.15, 0.2) is 24.3 Å². The molecular weight excluding hydrogens is 208 g/mol. The maximum atomic E-state index is 6.09. The van der Waals surface area contributed by atoms with Gasteiger partial charge in [-0.2, -0.15) is 0 Å². The normalized spacial score (nSPS) is 14.9. The number of nitrogens with one attached hydrogen (secondary N) is 1. The van der Waals surface area contributed by atoms with Gasteiger partial charge in [0.2, 0.25) is 0 Å². The van der Waals surface area contributed by atoms with E-state index in [1.807, 2.05) is 18.2 Å². The molecule has 0 bridgehead atoms. The van der Waals surface area contributed by atoms with Crippen LogP contribution >= 0.6 is 11.6 Å². The molecule has 3 heteroatoms. The Morgan fingerprint density at radius 2 is 1.93 bits per heavy atom. The van der Waals surface area contributed by atoms with Crippen molar-refractivity contribution in [2.75, 3.05) is 6.54 Å². The van der Waals surface area contributed by atoms with Gasteiger partial charge in [-0.05, 0) is 31.9 Å². The molecule has 0 aliphatic rings. The van der Waals surface area contributed by atoms with Gasteiger partial charge in [0.15, 0.2) is 0 Å². The van der Waals surface area contributed by atoms with Gasteiger partial charge in [-0.15, -0.1) is 0 Å². The molecular formula is C12H19ClN2. The van der Waals surface area contributed by atoms with E-state index in [4.69, 9.17) is 17.3 Å². The Bertz CT molecular complexity index is 301. The molecule has 0 radical (unpaired) electrons. The second-order valence-electron chi connectivity index (χ2n) is 4.00. The van der Waals surface area contributed by atoms with Crippen LogP contribution in [-0.2, 0) is 6.42 Å². The molecule has 1 rings (SSSR count). The van der Waals surface area contributed by atoms with Crippen molar-refractivity contribution >= 4 is 11.6 Å². The average Bonchev–Trinajstić information content (AvgIpc) is 2.21. The molecule has 0 fully saturated rings. The Kier molecular flexibility index (Phi) is 5.09. The van der Waals surface area contributed by atoms with E-state index < -0.39 is 0 Å². The van der Waals surface area contributed by atoms with Gasteiger partial charge in [0.25, 0.3) is 0 Å². The van der Waals surface area contributed by atoms with Gasteiger partial charge in [-0.1, -0.05) is 29.8 Å². The van der Waals surface area contributed by atoms with Gasteiger partial charge in [-0.3, -0.25) is 0 Å². The third-order valence-electron chi connectivity index (χ3n) is 2.41. The second-order valence-corrected chi connectivity index (χ2v) is 4.41. The van der Waals surface area contributed by atoms with Crippen LogP contribution in [0.1, 0.15) is 19.4 Å². The van der Waals surface area contributed by atoms with E-state index in [1.165, 1.54) is 5.56 Å². The van der Waals surface area contributed by atoms with Gasteiger partial charge in [0, 0.05) is 23.7 Å². The van der Waals surface area contributed by atoms with Gasteiger partial charge in [0.05, 0.1) is 0 Å². The molecule has 1 aromatic rings. The highest BCUT2D eigenvalue weighted by Gasteiger charge is 2.08. The van der Waals surface area contributed by atoms with Crippen LogP contribution in [0, 0.1) is 0 Å². The maximum absolute atomic E-state index is 6.09. The van der Waals surface area contributed by atoms with Crippen LogP contribution in [0.2, 0.25) is 5.02 Å². The molecule has 0 aromatic heterocycles. The van der Waals surface area contributed by atoms with Crippen LogP contribution in [-0.4, -0.2) is 18.6 Å². The first-order valence-electron chi connectivity index (χ1n) is 5.33. The van der Waals surface area contributed by atoms with Crippen molar-refractivity contribution in [3.05, 3.63) is 34.9 Å². The number of nitrogens with two attached hydrogens (primary N) is 1. The zero-order valence-corrected chi connectivity index (χ0v) is 10.1. The van der Waals surface area contributed by atoms with Crippen molar-refractivity contribution < 1.29 is 0 Å². The Balaban J connectivity index is 2.51. The first-order chi connectivity index (χ1) is 7.13. The van der Waals surface area contributed by atoms with Crippen molar-refractivity contribution in [3.8, 4) is 0 Å². The lowest BCUT2D eigenvalue weighted by molar-refractivity contribution is 0.470. The zero-order chi connectivity index (χ0) is 11.3. The molecule has 84 valence electrons. The summed E-state index contributed by atoms with van der Waals surface area (Å²) in [6.07, 6.45) is 0.935. The summed E-state index contributed by atoms with van der Waals surface area (Å²) in [5, 5.41) is 4.26. The van der Waals surface area contributed by atoms with Crippen LogP contribution in [0.4, 0.5) is 0 Å². The summed E-state index contributed by atoms with van der Waals surface area (Å²) in [6, 6.07) is 8.70. The number of rotatable bonds is 5. The topological polar surface area (TPSA) is 38.0 Å². The molecule has 1 aromatic carbocycles. The predicted molar refractivity (Wildman–Crippen MR) is 66.3 cm³/mol. The minimum absolute atomic E-state index is 0.350. The molecule has 2 atom stereocenters. The lowest BCUT2D eigenvalue weighted by Crippen LogP contribution is -2.40. The Labute approximate surface area is 96.8 Å². The van der Waals surface area contributed by atoms with Crippen molar-refractivity contribution in [3.63, 3.8) is 0 Å². The van der Waals surface area contributed by atoms with Crippen molar-refractivity contribution in [1.29, 1.82) is 0 Å². The first kappa shape index (κ1) is 12.5. The van der Waals surface area contributed by atoms with Crippen molar-refractivity contribution in [2.24, 2.45) is 5.73 Å². The maximum Gasteiger partial charge on any atom is 0.0438 e. The van der Waals surface area contributed by atoms with E-state index in [1.54, 1.807) is 0 Å². The highest BCUT2D eigenvalue weighted by Crippen LogP contribution is 2.16. The fraction of sp³-hybridized carbons (Fsp3) is 0.500. The highest BCUT2D eigenvalue weighted by atomic mass is 35.5. The zero-order valence-electron chi connectivity index (χ0n) is 9.33. The summed E-state index contributed by atoms with van der Waals surface area (Å²) >= 11 is 6.09. The Morgan fingerprint density at radius 1 is 1.27 bits per heavy atom. The van der Waals surface area contributed by atoms with Gasteiger partial charge in [0.1, 0.15) is 0 Å². The van der Waals surface area contributed by atoms with E-state index >= 15 is 0 Å². The van der Waals surface area contributed by atoms with Crippen LogP contribution in [0.5, 0.6) is 0 Å². The molecule has 0 heterocycles. The smallest absolute Gasteiger partial charge is 0.0438 e. The number of hydrogen-bond acceptors (Lipinski definition) is 2. The molecule has 0 aliphatic carbocycles. The molecule has 2 nitrogen and oxygen atoms in total. The monoisotopic (exact) mass is 226 g/mol. The van der Waals surface area contributed by atoms with E-state index in [2.05, 4.69) is 25.2 Å². The molecule has 2 unspecified atom stereocenters. The minimum atomic E-state index is 0.350. The number of benzene rings is 1. The van der Waals surface area contributed by atoms with E-state index in [0.717, 1.165) is 11.4 Å². The Morgan fingerprint density at radius 3 is 2.53 bits per heavy atom. The fourth-order valence-corrected chi connectivity index (χ4v) is 1.82. The highest BCUT2D eigenvalue weighted by molar-refractivity contribution is 6.31. The SMILES string of the molecule is CC(CN)NC(C)Cc1ccccc1Cl. The molecule has 15 heavy (non-hydrogen) atoms. The van der Waals surface area contributed by atoms with Crippen LogP contribution in [0.25, 0.3) is 0 Å². The largest absolute Gasteiger partial charge is 0.329 e. The number of halogens is 1. The minimum Gasteiger partial charge on any atom is -0.329 e. The molecule has 0 saturated carbocycles. The fourth-order valence-electron chi connectivity index (χ4n) is 1.61. The first-order valence-corrected chi connectivity index (χ1v) is 5.70. The molecule has 0 aliphatic heterocycles. The van der Waals surface area contributed by atoms with Crippen LogP contribution < -0.4 is 11.1 Å². The summed E-state index contributed by atoms with van der Waals surface area (Å²) in [5.41, 5.74) is 6.74. The van der Waals surface area contributed by atoms with Crippen molar-refractivity contribution in [2.45, 2.75) is 32.4 Å². The molecule has 3 N–H and O–H groups in total. The quantitative estimate of drug-likeness (QED) is 0.808. The lowest BCUT2D eigenvalue weighted by atomic mass is 10.1. The summed E-state index contributed by atoms with van der Waals surface area (Å²) in [5.74, 6) is 0. The van der Waals surface area contributed by atoms with Gasteiger partial charge >= 0.3 is 0 Å². The van der Waals surface area contributed by atoms with Crippen molar-refractivity contribution in [1.82, 2.24) is 5.32 Å². The molecule has 0 amide bonds. The second kappa shape index (κ2) is 6.11. The molecule has 0 saturated heterocycles. The summed E-state index contributed by atoms with van der Waals surface area (Å²) < 4.78 is 0. The van der Waals surface area contributed by atoms with Gasteiger partial charge < -0.3 is 11.1 Å². The summed E-state index contributed by atoms with van der Waals surface area (Å²) in [6.45, 7) is 4.89. The average molecular weight is 227 g/mol. The van der Waals surface area contributed by atoms with Gasteiger partial charge in [-0.25, -0.2) is 0 Å².